The first kappa shape index (κ1) is 52.5. The molecule has 9 heteroatoms. The fourth-order valence-corrected chi connectivity index (χ4v) is 6.81. The van der Waals surface area contributed by atoms with Gasteiger partial charge in [-0.25, -0.2) is 0 Å². The Bertz CT molecular complexity index is 1020. The van der Waals surface area contributed by atoms with Crippen LogP contribution in [0, 0.1) is 0 Å². The maximum absolute atomic E-state index is 12.8. The molecule has 54 heavy (non-hydrogen) atoms. The largest absolute Gasteiger partial charge is 0.756 e. The molecule has 0 aromatic rings. The van der Waals surface area contributed by atoms with E-state index in [1.165, 1.54) is 89.9 Å². The zero-order valence-corrected chi connectivity index (χ0v) is 36.6. The second-order valence-electron chi connectivity index (χ2n) is 16.0. The summed E-state index contributed by atoms with van der Waals surface area (Å²) in [6.45, 7) is 4.56. The minimum atomic E-state index is -4.57. The van der Waals surface area contributed by atoms with Crippen LogP contribution in [-0.2, 0) is 18.4 Å². The second-order valence-corrected chi connectivity index (χ2v) is 17.4. The van der Waals surface area contributed by atoms with Crippen molar-refractivity contribution in [2.45, 2.75) is 193 Å². The smallest absolute Gasteiger partial charge is 0.268 e. The molecule has 2 N–H and O–H groups in total. The molecular weight excluding hydrogens is 695 g/mol. The lowest BCUT2D eigenvalue weighted by Gasteiger charge is -2.30. The van der Waals surface area contributed by atoms with Crippen molar-refractivity contribution in [3.8, 4) is 0 Å². The Morgan fingerprint density at radius 1 is 0.667 bits per heavy atom. The van der Waals surface area contributed by atoms with Crippen molar-refractivity contribution in [3.63, 3.8) is 0 Å². The van der Waals surface area contributed by atoms with Gasteiger partial charge < -0.3 is 28.8 Å². The zero-order chi connectivity index (χ0) is 40.0. The number of allylic oxidation sites excluding steroid dienone is 8. The van der Waals surface area contributed by atoms with Crippen molar-refractivity contribution in [2.24, 2.45) is 0 Å². The number of aliphatic hydroxyl groups excluding tert-OH is 1. The van der Waals surface area contributed by atoms with Gasteiger partial charge in [0.05, 0.1) is 39.9 Å². The third-order valence-corrected chi connectivity index (χ3v) is 10.5. The van der Waals surface area contributed by atoms with Crippen LogP contribution in [0.5, 0.6) is 0 Å². The van der Waals surface area contributed by atoms with Gasteiger partial charge in [0.1, 0.15) is 13.2 Å². The molecule has 0 saturated heterocycles. The van der Waals surface area contributed by atoms with Gasteiger partial charge >= 0.3 is 0 Å². The summed E-state index contributed by atoms with van der Waals surface area (Å²) >= 11 is 0. The number of quaternary nitrogens is 1. The maximum Gasteiger partial charge on any atom is 0.268 e. The molecule has 0 aliphatic rings. The SMILES string of the molecule is CC/C=C\C/C=C\C/C=C\C/C=C\CCCCC(=O)NC(COP(=O)([O-])OCC[N+](C)(C)C)C(O)CCCCCCCCCCCCCCCCCCC. The Labute approximate surface area is 333 Å². The van der Waals surface area contributed by atoms with Crippen molar-refractivity contribution in [2.75, 3.05) is 40.9 Å². The first-order valence-electron chi connectivity index (χ1n) is 22.0. The predicted octanol–water partition coefficient (Wildman–Crippen LogP) is 11.4. The number of hydrogen-bond acceptors (Lipinski definition) is 6. The maximum atomic E-state index is 12.8. The third kappa shape index (κ3) is 38.7. The van der Waals surface area contributed by atoms with E-state index in [1.807, 2.05) is 21.1 Å². The highest BCUT2D eigenvalue weighted by Crippen LogP contribution is 2.38. The number of phosphoric ester groups is 1. The molecule has 0 aromatic carbocycles. The molecule has 1 amide bonds. The van der Waals surface area contributed by atoms with E-state index >= 15 is 0 Å². The topological polar surface area (TPSA) is 108 Å². The van der Waals surface area contributed by atoms with Gasteiger partial charge in [-0.3, -0.25) is 9.36 Å². The number of amides is 1. The van der Waals surface area contributed by atoms with Crippen molar-refractivity contribution >= 4 is 13.7 Å². The molecule has 0 aliphatic carbocycles. The van der Waals surface area contributed by atoms with Crippen LogP contribution in [0.25, 0.3) is 0 Å². The summed E-state index contributed by atoms with van der Waals surface area (Å²) in [6, 6.07) is -0.822. The third-order valence-electron chi connectivity index (χ3n) is 9.58. The van der Waals surface area contributed by atoms with Gasteiger partial charge in [0.25, 0.3) is 7.82 Å². The molecule has 0 bridgehead atoms. The van der Waals surface area contributed by atoms with Crippen molar-refractivity contribution in [1.29, 1.82) is 0 Å². The Morgan fingerprint density at radius 3 is 1.61 bits per heavy atom. The first-order chi connectivity index (χ1) is 26.0. The van der Waals surface area contributed by atoms with E-state index in [0.29, 0.717) is 30.3 Å². The lowest BCUT2D eigenvalue weighted by Crippen LogP contribution is -2.46. The lowest BCUT2D eigenvalue weighted by atomic mass is 10.0. The quantitative estimate of drug-likeness (QED) is 0.0278. The zero-order valence-electron chi connectivity index (χ0n) is 35.7. The molecular formula is C45H85N2O6P. The number of rotatable bonds is 39. The van der Waals surface area contributed by atoms with E-state index in [2.05, 4.69) is 67.8 Å². The highest BCUT2D eigenvalue weighted by Gasteiger charge is 2.24. The summed E-state index contributed by atoms with van der Waals surface area (Å²) in [7, 11) is 1.27. The van der Waals surface area contributed by atoms with Gasteiger partial charge in [-0.2, -0.15) is 0 Å². The molecule has 0 aliphatic heterocycles. The molecule has 0 spiro atoms. The van der Waals surface area contributed by atoms with E-state index < -0.39 is 20.0 Å². The summed E-state index contributed by atoms with van der Waals surface area (Å²) in [6.07, 6.45) is 45.4. The summed E-state index contributed by atoms with van der Waals surface area (Å²) in [5, 5.41) is 13.9. The van der Waals surface area contributed by atoms with Crippen LogP contribution in [0.15, 0.2) is 48.6 Å². The highest BCUT2D eigenvalue weighted by molar-refractivity contribution is 7.45. The van der Waals surface area contributed by atoms with Crippen molar-refractivity contribution in [1.82, 2.24) is 5.32 Å². The molecule has 0 saturated carbocycles. The Kier molecular flexibility index (Phi) is 36.0. The number of carbonyl (C=O) groups is 1. The lowest BCUT2D eigenvalue weighted by molar-refractivity contribution is -0.870. The van der Waals surface area contributed by atoms with E-state index in [1.54, 1.807) is 0 Å². The fraction of sp³-hybridized carbons (Fsp3) is 0.800. The number of hydrogen-bond donors (Lipinski definition) is 2. The van der Waals surface area contributed by atoms with Crippen LogP contribution in [0.2, 0.25) is 0 Å². The predicted molar refractivity (Wildman–Crippen MR) is 228 cm³/mol. The van der Waals surface area contributed by atoms with Gasteiger partial charge in [0, 0.05) is 6.42 Å². The van der Waals surface area contributed by atoms with E-state index in [4.69, 9.17) is 9.05 Å². The van der Waals surface area contributed by atoms with Crippen LogP contribution in [-0.4, -0.2) is 68.5 Å². The highest BCUT2D eigenvalue weighted by atomic mass is 31.2. The minimum Gasteiger partial charge on any atom is -0.756 e. The van der Waals surface area contributed by atoms with Crippen molar-refractivity contribution in [3.05, 3.63) is 48.6 Å². The van der Waals surface area contributed by atoms with Crippen LogP contribution >= 0.6 is 7.82 Å². The van der Waals surface area contributed by atoms with E-state index in [-0.39, 0.29) is 19.1 Å². The number of aliphatic hydroxyl groups is 1. The number of nitrogens with zero attached hydrogens (tertiary/aromatic N) is 1. The van der Waals surface area contributed by atoms with Crippen LogP contribution in [0.3, 0.4) is 0 Å². The van der Waals surface area contributed by atoms with Crippen molar-refractivity contribution < 1.29 is 32.9 Å². The molecule has 3 unspecified atom stereocenters. The number of unbranched alkanes of at least 4 members (excludes halogenated alkanes) is 18. The molecule has 0 heterocycles. The van der Waals surface area contributed by atoms with Gasteiger partial charge in [-0.15, -0.1) is 0 Å². The molecule has 0 rings (SSSR count). The number of nitrogens with one attached hydrogen (secondary N) is 1. The van der Waals surface area contributed by atoms with E-state index in [9.17, 15) is 19.4 Å². The molecule has 316 valence electrons. The summed E-state index contributed by atoms with van der Waals surface area (Å²) < 4.78 is 23.2. The molecule has 3 atom stereocenters. The molecule has 0 radical (unpaired) electrons. The van der Waals surface area contributed by atoms with Gasteiger partial charge in [0.2, 0.25) is 5.91 Å². The monoisotopic (exact) mass is 781 g/mol. The number of phosphoric acid groups is 1. The van der Waals surface area contributed by atoms with Gasteiger partial charge in [0.15, 0.2) is 0 Å². The van der Waals surface area contributed by atoms with Gasteiger partial charge in [-0.05, 0) is 51.4 Å². The first-order valence-corrected chi connectivity index (χ1v) is 23.4. The van der Waals surface area contributed by atoms with Crippen LogP contribution in [0.4, 0.5) is 0 Å². The normalized spacial score (nSPS) is 14.9. The molecule has 0 fully saturated rings. The van der Waals surface area contributed by atoms with Crippen LogP contribution < -0.4 is 10.2 Å². The Hall–Kier alpha value is -1.54. The number of carbonyl (C=O) groups excluding carboxylic acids is 1. The van der Waals surface area contributed by atoms with Gasteiger partial charge in [-0.1, -0.05) is 172 Å². The molecule has 0 aromatic heterocycles. The minimum absolute atomic E-state index is 0.00237. The summed E-state index contributed by atoms with van der Waals surface area (Å²) in [4.78, 5) is 25.3. The average molecular weight is 781 g/mol. The Morgan fingerprint density at radius 2 is 1.13 bits per heavy atom. The van der Waals surface area contributed by atoms with E-state index in [0.717, 1.165) is 57.8 Å². The standard InChI is InChI=1S/C45H85N2O6P/c1-6-8-10-12-14-16-18-20-22-23-25-26-28-30-32-34-36-38-44(48)43(42-53-54(50,51)52-41-40-47(3,4)5)46-45(49)39-37-35-33-31-29-27-24-21-19-17-15-13-11-9-7-2/h9,11,15,17,21,24,29,31,43-44,48H,6-8,10,12-14,16,18-20,22-23,25-28,30,32-42H2,1-5H3,(H-,46,49,50,51)/b11-9-,17-15-,24-21-,31-29-. The Balaban J connectivity index is 4.45. The average Bonchev–Trinajstić information content (AvgIpc) is 3.12. The fourth-order valence-electron chi connectivity index (χ4n) is 6.09. The number of likely N-dealkylation sites (N-methyl/N-ethyl adjacent to an activating group) is 1. The summed E-state index contributed by atoms with van der Waals surface area (Å²) in [5.74, 6) is -0.207. The summed E-state index contributed by atoms with van der Waals surface area (Å²) in [5.41, 5.74) is 0. The second kappa shape index (κ2) is 37.1. The van der Waals surface area contributed by atoms with Crippen LogP contribution in [0.1, 0.15) is 181 Å². The molecule has 8 nitrogen and oxygen atoms in total.